The molecule has 2 fully saturated rings. The van der Waals surface area contributed by atoms with Gasteiger partial charge in [0, 0.05) is 19.0 Å². The molecule has 1 saturated heterocycles. The van der Waals surface area contributed by atoms with Crippen molar-refractivity contribution in [2.45, 2.75) is 50.3 Å². The van der Waals surface area contributed by atoms with Crippen molar-refractivity contribution in [3.05, 3.63) is 0 Å². The summed E-state index contributed by atoms with van der Waals surface area (Å²) in [4.78, 5) is 37.5. The number of urea groups is 1. The lowest BCUT2D eigenvalue weighted by molar-refractivity contribution is -0.141. The normalized spacial score (nSPS) is 26.0. The Morgan fingerprint density at radius 2 is 1.86 bits per heavy atom. The maximum Gasteiger partial charge on any atom is 0.326 e. The summed E-state index contributed by atoms with van der Waals surface area (Å²) in [7, 11) is 0. The Morgan fingerprint density at radius 1 is 1.24 bits per heavy atom. The maximum absolute atomic E-state index is 12.6. The summed E-state index contributed by atoms with van der Waals surface area (Å²) >= 11 is 0. The Kier molecular flexibility index (Phi) is 4.66. The van der Waals surface area contributed by atoms with E-state index in [4.69, 9.17) is 10.8 Å². The second kappa shape index (κ2) is 6.30. The number of amides is 3. The number of hydrogen-bond donors (Lipinski definition) is 3. The molecule has 0 aromatic carbocycles. The van der Waals surface area contributed by atoms with Gasteiger partial charge in [-0.05, 0) is 12.8 Å². The van der Waals surface area contributed by atoms with Crippen LogP contribution in [0.5, 0.6) is 0 Å². The van der Waals surface area contributed by atoms with Crippen molar-refractivity contribution in [3.8, 4) is 0 Å². The fraction of sp³-hybridized carbons (Fsp3) is 0.769. The number of rotatable bonds is 4. The SMILES string of the molecule is NC(=O)CN(C(=O)N1C[C@@H](O)C[C@H]1C(=O)O)C1CCCC1. The van der Waals surface area contributed by atoms with Crippen LogP contribution in [0.15, 0.2) is 0 Å². The molecule has 1 heterocycles. The van der Waals surface area contributed by atoms with Gasteiger partial charge in [0.1, 0.15) is 12.6 Å². The minimum absolute atomic E-state index is 0.0101. The van der Waals surface area contributed by atoms with Crippen LogP contribution < -0.4 is 5.73 Å². The first-order valence-corrected chi connectivity index (χ1v) is 7.16. The molecule has 8 heteroatoms. The number of aliphatic hydroxyl groups is 1. The zero-order chi connectivity index (χ0) is 15.6. The zero-order valence-electron chi connectivity index (χ0n) is 11.8. The van der Waals surface area contributed by atoms with Gasteiger partial charge in [0.2, 0.25) is 5.91 Å². The zero-order valence-corrected chi connectivity index (χ0v) is 11.8. The third-order valence-electron chi connectivity index (χ3n) is 4.15. The highest BCUT2D eigenvalue weighted by atomic mass is 16.4. The number of carboxylic acids is 1. The molecule has 0 radical (unpaired) electrons. The quantitative estimate of drug-likeness (QED) is 0.636. The van der Waals surface area contributed by atoms with Crippen LogP contribution in [-0.4, -0.2) is 69.2 Å². The summed E-state index contributed by atoms with van der Waals surface area (Å²) in [6.45, 7) is -0.250. The highest BCUT2D eigenvalue weighted by Crippen LogP contribution is 2.27. The van der Waals surface area contributed by atoms with Gasteiger partial charge in [0.25, 0.3) is 0 Å². The number of carbonyl (C=O) groups excluding carboxylic acids is 2. The van der Waals surface area contributed by atoms with Gasteiger partial charge < -0.3 is 25.7 Å². The fourth-order valence-corrected chi connectivity index (χ4v) is 3.16. The Balaban J connectivity index is 2.16. The highest BCUT2D eigenvalue weighted by Gasteiger charge is 2.42. The molecule has 0 bridgehead atoms. The molecule has 8 nitrogen and oxygen atoms in total. The van der Waals surface area contributed by atoms with E-state index >= 15 is 0 Å². The predicted octanol–water partition coefficient (Wildman–Crippen LogP) is -0.644. The van der Waals surface area contributed by atoms with Gasteiger partial charge >= 0.3 is 12.0 Å². The minimum Gasteiger partial charge on any atom is -0.480 e. The van der Waals surface area contributed by atoms with Gasteiger partial charge in [-0.2, -0.15) is 0 Å². The second-order valence-electron chi connectivity index (χ2n) is 5.71. The van der Waals surface area contributed by atoms with Crippen molar-refractivity contribution in [2.75, 3.05) is 13.1 Å². The van der Waals surface area contributed by atoms with Gasteiger partial charge in [-0.3, -0.25) is 4.79 Å². The van der Waals surface area contributed by atoms with Crippen LogP contribution in [0, 0.1) is 0 Å². The first kappa shape index (κ1) is 15.6. The van der Waals surface area contributed by atoms with E-state index in [0.717, 1.165) is 30.6 Å². The number of likely N-dealkylation sites (tertiary alicyclic amines) is 1. The standard InChI is InChI=1S/C13H21N3O5/c14-11(18)7-15(8-3-1-2-4-8)13(21)16-6-9(17)5-10(16)12(19)20/h8-10,17H,1-7H2,(H2,14,18)(H,19,20)/t9-,10-/m0/s1. The molecule has 3 amide bonds. The average molecular weight is 299 g/mol. The van der Waals surface area contributed by atoms with Gasteiger partial charge in [-0.25, -0.2) is 9.59 Å². The van der Waals surface area contributed by atoms with Crippen LogP contribution >= 0.6 is 0 Å². The monoisotopic (exact) mass is 299 g/mol. The van der Waals surface area contributed by atoms with E-state index in [9.17, 15) is 19.5 Å². The Labute approximate surface area is 122 Å². The maximum atomic E-state index is 12.6. The molecule has 0 aromatic rings. The lowest BCUT2D eigenvalue weighted by atomic mass is 10.2. The summed E-state index contributed by atoms with van der Waals surface area (Å²) in [6.07, 6.45) is 2.67. The number of β-amino-alcohol motifs (C(OH)–C–C–N with tert-alkyl or cyclic N) is 1. The number of carbonyl (C=O) groups is 3. The van der Waals surface area contributed by atoms with E-state index in [1.54, 1.807) is 0 Å². The predicted molar refractivity (Wildman–Crippen MR) is 72.3 cm³/mol. The van der Waals surface area contributed by atoms with E-state index < -0.39 is 30.1 Å². The minimum atomic E-state index is -1.15. The molecule has 0 spiro atoms. The van der Waals surface area contributed by atoms with E-state index in [1.165, 1.54) is 4.90 Å². The summed E-state index contributed by atoms with van der Waals surface area (Å²) in [5, 5.41) is 18.8. The molecule has 1 aliphatic carbocycles. The van der Waals surface area contributed by atoms with Crippen LogP contribution in [0.2, 0.25) is 0 Å². The number of carboxylic acid groups (broad SMARTS) is 1. The Hall–Kier alpha value is -1.83. The van der Waals surface area contributed by atoms with E-state index in [0.29, 0.717) is 0 Å². The van der Waals surface area contributed by atoms with Crippen LogP contribution in [0.25, 0.3) is 0 Å². The molecule has 1 aliphatic heterocycles. The molecule has 2 atom stereocenters. The molecule has 2 rings (SSSR count). The number of nitrogens with zero attached hydrogens (tertiary/aromatic N) is 2. The molecular weight excluding hydrogens is 278 g/mol. The van der Waals surface area contributed by atoms with E-state index in [1.807, 2.05) is 0 Å². The topological polar surface area (TPSA) is 124 Å². The van der Waals surface area contributed by atoms with Crippen molar-refractivity contribution in [1.82, 2.24) is 9.80 Å². The first-order chi connectivity index (χ1) is 9.90. The summed E-state index contributed by atoms with van der Waals surface area (Å²) < 4.78 is 0. The molecule has 0 unspecified atom stereocenters. The van der Waals surface area contributed by atoms with Crippen molar-refractivity contribution in [2.24, 2.45) is 5.73 Å². The number of aliphatic carboxylic acids is 1. The number of primary amides is 1. The lowest BCUT2D eigenvalue weighted by Crippen LogP contribution is -2.53. The van der Waals surface area contributed by atoms with Gasteiger partial charge in [-0.1, -0.05) is 12.8 Å². The van der Waals surface area contributed by atoms with Crippen LogP contribution in [0.4, 0.5) is 4.79 Å². The third-order valence-corrected chi connectivity index (χ3v) is 4.15. The smallest absolute Gasteiger partial charge is 0.326 e. The van der Waals surface area contributed by atoms with Crippen LogP contribution in [0.3, 0.4) is 0 Å². The molecular formula is C13H21N3O5. The summed E-state index contributed by atoms with van der Waals surface area (Å²) in [5.41, 5.74) is 5.20. The average Bonchev–Trinajstić information content (AvgIpc) is 3.03. The molecule has 1 saturated carbocycles. The van der Waals surface area contributed by atoms with Gasteiger partial charge in [0.15, 0.2) is 0 Å². The largest absolute Gasteiger partial charge is 0.480 e. The van der Waals surface area contributed by atoms with Crippen LogP contribution in [-0.2, 0) is 9.59 Å². The molecule has 0 aromatic heterocycles. The Bertz CT molecular complexity index is 436. The summed E-state index contributed by atoms with van der Waals surface area (Å²) in [5.74, 6) is -1.77. The van der Waals surface area contributed by atoms with E-state index in [-0.39, 0.29) is 25.6 Å². The van der Waals surface area contributed by atoms with Gasteiger partial charge in [-0.15, -0.1) is 0 Å². The Morgan fingerprint density at radius 3 is 2.38 bits per heavy atom. The molecule has 21 heavy (non-hydrogen) atoms. The number of hydrogen-bond acceptors (Lipinski definition) is 4. The number of aliphatic hydroxyl groups excluding tert-OH is 1. The third kappa shape index (κ3) is 3.44. The number of nitrogens with two attached hydrogens (primary N) is 1. The van der Waals surface area contributed by atoms with Crippen LogP contribution in [0.1, 0.15) is 32.1 Å². The molecule has 118 valence electrons. The van der Waals surface area contributed by atoms with Crippen molar-refractivity contribution in [3.63, 3.8) is 0 Å². The van der Waals surface area contributed by atoms with Gasteiger partial charge in [0.05, 0.1) is 6.10 Å². The highest BCUT2D eigenvalue weighted by molar-refractivity contribution is 5.87. The fourth-order valence-electron chi connectivity index (χ4n) is 3.16. The summed E-state index contributed by atoms with van der Waals surface area (Å²) in [6, 6.07) is -1.66. The van der Waals surface area contributed by atoms with E-state index in [2.05, 4.69) is 0 Å². The first-order valence-electron chi connectivity index (χ1n) is 7.16. The molecule has 2 aliphatic rings. The van der Waals surface area contributed by atoms with Crippen molar-refractivity contribution in [1.29, 1.82) is 0 Å². The van der Waals surface area contributed by atoms with Crippen molar-refractivity contribution >= 4 is 17.9 Å². The molecule has 4 N–H and O–H groups in total. The lowest BCUT2D eigenvalue weighted by Gasteiger charge is -2.33. The second-order valence-corrected chi connectivity index (χ2v) is 5.71. The van der Waals surface area contributed by atoms with Crippen molar-refractivity contribution < 1.29 is 24.6 Å².